The van der Waals surface area contributed by atoms with E-state index < -0.39 is 17.6 Å². The number of amides is 1. The second kappa shape index (κ2) is 10.3. The first kappa shape index (κ1) is 25.5. The van der Waals surface area contributed by atoms with Crippen LogP contribution in [0.4, 0.5) is 30.4 Å². The predicted octanol–water partition coefficient (Wildman–Crippen LogP) is 5.75. The van der Waals surface area contributed by atoms with Gasteiger partial charge in [0.2, 0.25) is 0 Å². The van der Waals surface area contributed by atoms with E-state index in [1.807, 2.05) is 6.92 Å². The van der Waals surface area contributed by atoms with Crippen LogP contribution in [-0.4, -0.2) is 35.4 Å². The molecule has 0 bridgehead atoms. The van der Waals surface area contributed by atoms with Crippen molar-refractivity contribution in [1.82, 2.24) is 29.5 Å². The Bertz CT molecular complexity index is 1650. The van der Waals surface area contributed by atoms with Crippen molar-refractivity contribution in [2.75, 3.05) is 10.6 Å². The first-order chi connectivity index (χ1) is 18.7. The molecule has 39 heavy (non-hydrogen) atoms. The average Bonchev–Trinajstić information content (AvgIpc) is 3.37. The number of nitrogens with zero attached hydrogens (tertiary/aromatic N) is 6. The molecule has 3 aromatic heterocycles. The molecule has 3 heterocycles. The molecular weight excluding hydrogens is 509 g/mol. The highest BCUT2D eigenvalue weighted by molar-refractivity contribution is 6.05. The van der Waals surface area contributed by atoms with E-state index in [1.165, 1.54) is 23.3 Å². The molecule has 0 fully saturated rings. The molecular formula is C27H21F3N8O. The molecule has 1 amide bonds. The van der Waals surface area contributed by atoms with Crippen molar-refractivity contribution in [3.63, 3.8) is 0 Å². The Hall–Kier alpha value is -5.13. The van der Waals surface area contributed by atoms with Crippen LogP contribution in [0.2, 0.25) is 0 Å². The number of aromatic nitrogens is 6. The van der Waals surface area contributed by atoms with Gasteiger partial charge in [-0.15, -0.1) is 0 Å². The molecule has 0 saturated carbocycles. The Morgan fingerprint density at radius 1 is 0.974 bits per heavy atom. The van der Waals surface area contributed by atoms with Crippen LogP contribution in [0.15, 0.2) is 79.9 Å². The quantitative estimate of drug-likeness (QED) is 0.288. The van der Waals surface area contributed by atoms with E-state index in [4.69, 9.17) is 0 Å². The predicted molar refractivity (Wildman–Crippen MR) is 139 cm³/mol. The fraction of sp³-hybridized carbons (Fsp3) is 0.111. The van der Waals surface area contributed by atoms with E-state index in [1.54, 1.807) is 56.0 Å². The maximum Gasteiger partial charge on any atom is 0.416 e. The van der Waals surface area contributed by atoms with E-state index in [-0.39, 0.29) is 11.3 Å². The number of halogens is 3. The average molecular weight is 531 g/mol. The van der Waals surface area contributed by atoms with Gasteiger partial charge in [-0.2, -0.15) is 13.2 Å². The molecule has 2 aromatic carbocycles. The smallest absolute Gasteiger partial charge is 0.340 e. The summed E-state index contributed by atoms with van der Waals surface area (Å²) in [5.41, 5.74) is 2.24. The third-order valence-electron chi connectivity index (χ3n) is 5.75. The summed E-state index contributed by atoms with van der Waals surface area (Å²) in [6.45, 7) is 3.59. The molecule has 5 rings (SSSR count). The number of rotatable bonds is 6. The van der Waals surface area contributed by atoms with Gasteiger partial charge in [-0.25, -0.2) is 24.9 Å². The number of alkyl halides is 3. The minimum atomic E-state index is -4.64. The number of imidazole rings is 1. The maximum atomic E-state index is 13.6. The van der Waals surface area contributed by atoms with Crippen LogP contribution in [0.1, 0.15) is 27.2 Å². The molecule has 9 nitrogen and oxygen atoms in total. The monoisotopic (exact) mass is 530 g/mol. The van der Waals surface area contributed by atoms with Gasteiger partial charge in [0, 0.05) is 47.4 Å². The van der Waals surface area contributed by atoms with E-state index in [0.29, 0.717) is 34.3 Å². The van der Waals surface area contributed by atoms with Gasteiger partial charge in [0.25, 0.3) is 5.91 Å². The van der Waals surface area contributed by atoms with Gasteiger partial charge in [0.1, 0.15) is 12.1 Å². The van der Waals surface area contributed by atoms with Gasteiger partial charge >= 0.3 is 6.18 Å². The van der Waals surface area contributed by atoms with Gasteiger partial charge in [0.05, 0.1) is 23.1 Å². The van der Waals surface area contributed by atoms with Gasteiger partial charge in [0.15, 0.2) is 5.82 Å². The van der Waals surface area contributed by atoms with Crippen LogP contribution in [-0.2, 0) is 6.18 Å². The Morgan fingerprint density at radius 3 is 2.49 bits per heavy atom. The highest BCUT2D eigenvalue weighted by Crippen LogP contribution is 2.32. The third-order valence-corrected chi connectivity index (χ3v) is 5.75. The second-order valence-corrected chi connectivity index (χ2v) is 8.69. The number of aryl methyl sites for hydroxylation is 2. The minimum absolute atomic E-state index is 0.146. The summed E-state index contributed by atoms with van der Waals surface area (Å²) in [6, 6.07) is 9.98. The lowest BCUT2D eigenvalue weighted by Crippen LogP contribution is -2.15. The summed E-state index contributed by atoms with van der Waals surface area (Å²) >= 11 is 0. The number of carbonyl (C=O) groups is 1. The van der Waals surface area contributed by atoms with Crippen molar-refractivity contribution in [1.29, 1.82) is 0 Å². The lowest BCUT2D eigenvalue weighted by Gasteiger charge is -2.14. The molecule has 0 atom stereocenters. The summed E-state index contributed by atoms with van der Waals surface area (Å²) in [5, 5.41) is 5.89. The van der Waals surface area contributed by atoms with Crippen LogP contribution >= 0.6 is 0 Å². The lowest BCUT2D eigenvalue weighted by atomic mass is 10.1. The number of anilines is 3. The SMILES string of the molecule is Cc1cn(-c2cc(C(=O)Nc3ccc(C)c(Nc4ccnc(-c5cncnc5)n4)c3)cc(C(F)(F)F)c2)cn1. The zero-order valence-electron chi connectivity index (χ0n) is 20.7. The van der Waals surface area contributed by atoms with Crippen molar-refractivity contribution in [2.24, 2.45) is 0 Å². The van der Waals surface area contributed by atoms with Gasteiger partial charge in [-0.05, 0) is 55.8 Å². The molecule has 0 unspecified atom stereocenters. The molecule has 0 aliphatic heterocycles. The van der Waals surface area contributed by atoms with Crippen LogP contribution in [0.3, 0.4) is 0 Å². The van der Waals surface area contributed by atoms with Crippen molar-refractivity contribution in [2.45, 2.75) is 20.0 Å². The van der Waals surface area contributed by atoms with Gasteiger partial charge in [-0.3, -0.25) is 4.79 Å². The summed E-state index contributed by atoms with van der Waals surface area (Å²) < 4.78 is 42.3. The van der Waals surface area contributed by atoms with Gasteiger partial charge in [-0.1, -0.05) is 6.07 Å². The van der Waals surface area contributed by atoms with Crippen molar-refractivity contribution in [3.8, 4) is 17.1 Å². The number of hydrogen-bond donors (Lipinski definition) is 2. The summed E-state index contributed by atoms with van der Waals surface area (Å²) in [4.78, 5) is 33.8. The Morgan fingerprint density at radius 2 is 1.77 bits per heavy atom. The number of hydrogen-bond acceptors (Lipinski definition) is 7. The van der Waals surface area contributed by atoms with E-state index in [2.05, 4.69) is 35.6 Å². The molecule has 0 spiro atoms. The molecule has 12 heteroatoms. The summed E-state index contributed by atoms with van der Waals surface area (Å²) in [6.07, 6.45) is 4.54. The molecule has 196 valence electrons. The van der Waals surface area contributed by atoms with E-state index in [0.717, 1.165) is 17.7 Å². The molecule has 5 aromatic rings. The molecule has 0 aliphatic carbocycles. The number of carbonyl (C=O) groups excluding carboxylic acids is 1. The highest BCUT2D eigenvalue weighted by atomic mass is 19.4. The van der Waals surface area contributed by atoms with E-state index >= 15 is 0 Å². The maximum absolute atomic E-state index is 13.6. The Kier molecular flexibility index (Phi) is 6.75. The van der Waals surface area contributed by atoms with Crippen LogP contribution in [0, 0.1) is 13.8 Å². The minimum Gasteiger partial charge on any atom is -0.340 e. The fourth-order valence-electron chi connectivity index (χ4n) is 3.78. The van der Waals surface area contributed by atoms with Crippen molar-refractivity contribution >= 4 is 23.1 Å². The molecule has 0 aliphatic rings. The van der Waals surface area contributed by atoms with Crippen LogP contribution < -0.4 is 10.6 Å². The lowest BCUT2D eigenvalue weighted by molar-refractivity contribution is -0.137. The largest absolute Gasteiger partial charge is 0.416 e. The first-order valence-electron chi connectivity index (χ1n) is 11.7. The highest BCUT2D eigenvalue weighted by Gasteiger charge is 2.32. The molecule has 2 N–H and O–H groups in total. The molecule has 0 radical (unpaired) electrons. The zero-order valence-corrected chi connectivity index (χ0v) is 20.7. The fourth-order valence-corrected chi connectivity index (χ4v) is 3.78. The normalized spacial score (nSPS) is 11.3. The topological polar surface area (TPSA) is 111 Å². The number of benzene rings is 2. The van der Waals surface area contributed by atoms with Crippen molar-refractivity contribution < 1.29 is 18.0 Å². The van der Waals surface area contributed by atoms with Gasteiger partial charge < -0.3 is 15.2 Å². The van der Waals surface area contributed by atoms with Crippen LogP contribution in [0.25, 0.3) is 17.1 Å². The standard InChI is InChI=1S/C27H21F3N8O/c1-16-3-4-21(10-23(16)36-24-5-6-33-25(37-24)19-11-31-14-32-12-19)35-26(39)18-7-20(27(28,29)30)9-22(8-18)38-13-17(2)34-15-38/h3-15H,1-2H3,(H,35,39)(H,33,36,37). The second-order valence-electron chi connectivity index (χ2n) is 8.69. The Labute approximate surface area is 220 Å². The molecule has 0 saturated heterocycles. The van der Waals surface area contributed by atoms with Crippen molar-refractivity contribution in [3.05, 3.63) is 102 Å². The summed E-state index contributed by atoms with van der Waals surface area (Å²) in [7, 11) is 0. The number of nitrogens with one attached hydrogen (secondary N) is 2. The van der Waals surface area contributed by atoms with Crippen LogP contribution in [0.5, 0.6) is 0 Å². The summed E-state index contributed by atoms with van der Waals surface area (Å²) in [5.74, 6) is 0.229. The third kappa shape index (κ3) is 5.90. The zero-order chi connectivity index (χ0) is 27.6. The van der Waals surface area contributed by atoms with E-state index in [9.17, 15) is 18.0 Å². The first-order valence-corrected chi connectivity index (χ1v) is 11.7. The Balaban J connectivity index is 1.40.